The van der Waals surface area contributed by atoms with Crippen molar-refractivity contribution < 1.29 is 22.8 Å². The molecule has 0 aliphatic carbocycles. The lowest BCUT2D eigenvalue weighted by Crippen LogP contribution is -2.18. The summed E-state index contributed by atoms with van der Waals surface area (Å²) in [5.74, 6) is -0.909. The fourth-order valence-electron chi connectivity index (χ4n) is 5.00. The van der Waals surface area contributed by atoms with Crippen molar-refractivity contribution >= 4 is 23.0 Å². The van der Waals surface area contributed by atoms with Crippen LogP contribution in [-0.4, -0.2) is 49.6 Å². The molecule has 216 valence electrons. The molecule has 3 heterocycles. The molecule has 1 amide bonds. The van der Waals surface area contributed by atoms with Gasteiger partial charge in [-0.05, 0) is 81.5 Å². The van der Waals surface area contributed by atoms with Gasteiger partial charge in [-0.2, -0.15) is 13.2 Å². The molecule has 0 radical (unpaired) electrons. The van der Waals surface area contributed by atoms with Crippen LogP contribution in [0.15, 0.2) is 79.4 Å². The molecule has 0 spiro atoms. The van der Waals surface area contributed by atoms with Crippen LogP contribution in [0.5, 0.6) is 0 Å². The van der Waals surface area contributed by atoms with Gasteiger partial charge < -0.3 is 19.2 Å². The van der Waals surface area contributed by atoms with Crippen LogP contribution in [0.2, 0.25) is 0 Å². The number of aromatic nitrogens is 4. The molecule has 0 aliphatic heterocycles. The van der Waals surface area contributed by atoms with Crippen molar-refractivity contribution in [1.29, 1.82) is 0 Å². The third-order valence-electron chi connectivity index (χ3n) is 6.96. The van der Waals surface area contributed by atoms with Gasteiger partial charge in [-0.25, -0.2) is 9.97 Å². The number of nitrogens with one attached hydrogen (secondary N) is 1. The zero-order chi connectivity index (χ0) is 30.2. The maximum Gasteiger partial charge on any atom is 0.416 e. The van der Waals surface area contributed by atoms with Crippen LogP contribution in [0.4, 0.5) is 18.9 Å². The molecule has 42 heavy (non-hydrogen) atoms. The molecule has 5 rings (SSSR count). The maximum absolute atomic E-state index is 13.9. The van der Waals surface area contributed by atoms with Crippen molar-refractivity contribution in [2.24, 2.45) is 0 Å². The van der Waals surface area contributed by atoms with Gasteiger partial charge in [-0.3, -0.25) is 9.59 Å². The molecule has 2 aromatic carbocycles. The summed E-state index contributed by atoms with van der Waals surface area (Å²) < 4.78 is 45.0. The van der Waals surface area contributed by atoms with E-state index in [2.05, 4.69) is 15.3 Å². The largest absolute Gasteiger partial charge is 0.416 e. The number of halogens is 3. The van der Waals surface area contributed by atoms with E-state index in [4.69, 9.17) is 0 Å². The minimum absolute atomic E-state index is 0.0265. The zero-order valence-corrected chi connectivity index (χ0v) is 23.5. The smallest absolute Gasteiger partial charge is 0.322 e. The highest BCUT2D eigenvalue weighted by atomic mass is 19.4. The fraction of sp³-hybridized carbons (Fsp3) is 0.226. The lowest BCUT2D eigenvalue weighted by molar-refractivity contribution is -0.137. The molecule has 11 heteroatoms. The Morgan fingerprint density at radius 1 is 1.02 bits per heavy atom. The number of hydrogen-bond donors (Lipinski definition) is 1. The first-order chi connectivity index (χ1) is 19.9. The average Bonchev–Trinajstić information content (AvgIpc) is 3.56. The number of hydrogen-bond acceptors (Lipinski definition) is 5. The summed E-state index contributed by atoms with van der Waals surface area (Å²) in [4.78, 5) is 36.9. The Kier molecular flexibility index (Phi) is 7.70. The van der Waals surface area contributed by atoms with Crippen LogP contribution >= 0.6 is 0 Å². The van der Waals surface area contributed by atoms with E-state index < -0.39 is 23.6 Å². The fourth-order valence-corrected chi connectivity index (χ4v) is 5.00. The van der Waals surface area contributed by atoms with E-state index in [0.29, 0.717) is 29.3 Å². The normalized spacial score (nSPS) is 12.6. The molecule has 5 aromatic rings. The second-order valence-electron chi connectivity index (χ2n) is 10.4. The average molecular weight is 575 g/mol. The molecular weight excluding hydrogens is 545 g/mol. The van der Waals surface area contributed by atoms with E-state index in [1.807, 2.05) is 54.7 Å². The van der Waals surface area contributed by atoms with Gasteiger partial charge in [0.05, 0.1) is 29.9 Å². The zero-order valence-electron chi connectivity index (χ0n) is 23.5. The summed E-state index contributed by atoms with van der Waals surface area (Å²) in [6, 6.07) is 13.8. The van der Waals surface area contributed by atoms with Crippen LogP contribution in [0.1, 0.15) is 51.4 Å². The van der Waals surface area contributed by atoms with Gasteiger partial charge >= 0.3 is 6.18 Å². The molecule has 1 N–H and O–H groups in total. The molecule has 8 nitrogen and oxygen atoms in total. The SMILES string of the molecule is CC(=O)C(c1cc(C(=O)Nc2cc(-n3ccnc3CN(C)C)cc(C(F)(F)F)c2)ccc1C)c1cnc2ccccn12. The summed E-state index contributed by atoms with van der Waals surface area (Å²) in [6.07, 6.45) is 1.90. The number of ketones is 1. The van der Waals surface area contributed by atoms with E-state index >= 15 is 0 Å². The van der Waals surface area contributed by atoms with E-state index in [0.717, 1.165) is 17.7 Å². The number of Topliss-reactive ketones (excluding diaryl/α,β-unsaturated/α-hetero) is 1. The van der Waals surface area contributed by atoms with E-state index in [-0.39, 0.29) is 22.7 Å². The third kappa shape index (κ3) is 5.82. The van der Waals surface area contributed by atoms with Crippen LogP contribution in [0.25, 0.3) is 11.3 Å². The van der Waals surface area contributed by atoms with Crippen LogP contribution in [0, 0.1) is 6.92 Å². The first kappa shape index (κ1) is 28.7. The van der Waals surface area contributed by atoms with Gasteiger partial charge in [-0.1, -0.05) is 12.1 Å². The Morgan fingerprint density at radius 3 is 2.52 bits per heavy atom. The number of pyridine rings is 1. The standard InChI is InChI=1S/C31H29F3N6O2/c1-19-8-9-21(13-25(19)29(20(2)41)26-17-36-27-7-5-6-11-40(26)27)30(42)37-23-14-22(31(32,33)34)15-24(16-23)39-12-10-35-28(39)18-38(3)4/h5-17,29H,18H2,1-4H3,(H,37,42). The Bertz CT molecular complexity index is 1790. The minimum atomic E-state index is -4.64. The second kappa shape index (κ2) is 11.2. The molecule has 0 fully saturated rings. The molecule has 0 saturated heterocycles. The maximum atomic E-state index is 13.9. The van der Waals surface area contributed by atoms with E-state index in [9.17, 15) is 22.8 Å². The lowest BCUT2D eigenvalue weighted by Gasteiger charge is -2.19. The van der Waals surface area contributed by atoms with Crippen molar-refractivity contribution in [3.63, 3.8) is 0 Å². The number of rotatable bonds is 8. The molecule has 1 atom stereocenters. The van der Waals surface area contributed by atoms with Gasteiger partial charge in [0.25, 0.3) is 5.91 Å². The van der Waals surface area contributed by atoms with Gasteiger partial charge in [0.15, 0.2) is 0 Å². The van der Waals surface area contributed by atoms with Crippen molar-refractivity contribution in [1.82, 2.24) is 23.8 Å². The van der Waals surface area contributed by atoms with Gasteiger partial charge in [0, 0.05) is 35.5 Å². The van der Waals surface area contributed by atoms with Gasteiger partial charge in [0.1, 0.15) is 17.3 Å². The lowest BCUT2D eigenvalue weighted by atomic mass is 9.88. The van der Waals surface area contributed by atoms with Crippen LogP contribution < -0.4 is 5.32 Å². The monoisotopic (exact) mass is 574 g/mol. The number of nitrogens with zero attached hydrogens (tertiary/aromatic N) is 5. The molecule has 0 saturated carbocycles. The summed E-state index contributed by atoms with van der Waals surface area (Å²) in [5, 5.41) is 2.63. The third-order valence-corrected chi connectivity index (χ3v) is 6.96. The summed E-state index contributed by atoms with van der Waals surface area (Å²) in [7, 11) is 3.66. The van der Waals surface area contributed by atoms with E-state index in [1.54, 1.807) is 35.2 Å². The molecule has 0 bridgehead atoms. The number of aryl methyl sites for hydroxylation is 1. The van der Waals surface area contributed by atoms with Crippen molar-refractivity contribution in [3.05, 3.63) is 113 Å². The molecule has 3 aromatic heterocycles. The predicted molar refractivity (Wildman–Crippen MR) is 153 cm³/mol. The highest BCUT2D eigenvalue weighted by Crippen LogP contribution is 2.34. The van der Waals surface area contributed by atoms with Crippen LogP contribution in [0.3, 0.4) is 0 Å². The Balaban J connectivity index is 1.52. The van der Waals surface area contributed by atoms with Gasteiger partial charge in [-0.15, -0.1) is 0 Å². The highest BCUT2D eigenvalue weighted by molar-refractivity contribution is 6.05. The summed E-state index contributed by atoms with van der Waals surface area (Å²) in [6.45, 7) is 3.72. The Labute approximate surface area is 240 Å². The molecule has 1 unspecified atom stereocenters. The number of fused-ring (bicyclic) bond motifs is 1. The molecular formula is C31H29F3N6O2. The van der Waals surface area contributed by atoms with Crippen molar-refractivity contribution in [2.45, 2.75) is 32.5 Å². The van der Waals surface area contributed by atoms with Gasteiger partial charge in [0.2, 0.25) is 0 Å². The summed E-state index contributed by atoms with van der Waals surface area (Å²) in [5.41, 5.74) is 2.20. The quantitative estimate of drug-likeness (QED) is 0.250. The number of amides is 1. The van der Waals surface area contributed by atoms with Crippen molar-refractivity contribution in [3.8, 4) is 5.69 Å². The predicted octanol–water partition coefficient (Wildman–Crippen LogP) is 5.88. The number of benzene rings is 2. The number of anilines is 1. The summed E-state index contributed by atoms with van der Waals surface area (Å²) >= 11 is 0. The van der Waals surface area contributed by atoms with E-state index in [1.165, 1.54) is 19.2 Å². The van der Waals surface area contributed by atoms with Crippen LogP contribution in [-0.2, 0) is 17.5 Å². The Hall–Kier alpha value is -4.77. The minimum Gasteiger partial charge on any atom is -0.322 e. The Morgan fingerprint density at radius 2 is 1.81 bits per heavy atom. The van der Waals surface area contributed by atoms with Crippen molar-refractivity contribution in [2.75, 3.05) is 19.4 Å². The first-order valence-corrected chi connectivity index (χ1v) is 13.2. The number of imidazole rings is 2. The second-order valence-corrected chi connectivity index (χ2v) is 10.4. The number of carbonyl (C=O) groups is 2. The first-order valence-electron chi connectivity index (χ1n) is 13.2. The molecule has 0 aliphatic rings. The number of carbonyl (C=O) groups excluding carboxylic acids is 2. The number of alkyl halides is 3. The topological polar surface area (TPSA) is 84.5 Å². The highest BCUT2D eigenvalue weighted by Gasteiger charge is 2.32.